The number of rotatable bonds is 5. The number of anilines is 1. The molecule has 100 valence electrons. The molecular formula is C14H20ClNO2. The van der Waals surface area contributed by atoms with Crippen LogP contribution >= 0.6 is 11.6 Å². The standard InChI is InChI=1S/C14H20ClNO2/c1-3-4-5-10(2)16-12-9-14-13(8-11(12)15)17-6-7-18-14/h8-10,16H,3-7H2,1-2H3. The van der Waals surface area contributed by atoms with E-state index in [1.54, 1.807) is 0 Å². The van der Waals surface area contributed by atoms with E-state index in [2.05, 4.69) is 19.2 Å². The molecule has 1 N–H and O–H groups in total. The summed E-state index contributed by atoms with van der Waals surface area (Å²) in [6.07, 6.45) is 3.57. The predicted octanol–water partition coefficient (Wildman–Crippen LogP) is 4.10. The Balaban J connectivity index is 2.08. The van der Waals surface area contributed by atoms with Crippen molar-refractivity contribution in [3.8, 4) is 11.5 Å². The van der Waals surface area contributed by atoms with Gasteiger partial charge in [0, 0.05) is 18.2 Å². The molecule has 0 bridgehead atoms. The van der Waals surface area contributed by atoms with Crippen molar-refractivity contribution in [2.24, 2.45) is 0 Å². The molecular weight excluding hydrogens is 250 g/mol. The van der Waals surface area contributed by atoms with Crippen LogP contribution < -0.4 is 14.8 Å². The minimum absolute atomic E-state index is 0.407. The second kappa shape index (κ2) is 6.19. The van der Waals surface area contributed by atoms with Crippen LogP contribution in [0.5, 0.6) is 11.5 Å². The van der Waals surface area contributed by atoms with Crippen molar-refractivity contribution >= 4 is 17.3 Å². The molecule has 1 aromatic carbocycles. The Morgan fingerprint density at radius 3 is 2.61 bits per heavy atom. The Hall–Kier alpha value is -1.09. The summed E-state index contributed by atoms with van der Waals surface area (Å²) in [7, 11) is 0. The van der Waals surface area contributed by atoms with Gasteiger partial charge in [-0.2, -0.15) is 0 Å². The van der Waals surface area contributed by atoms with Gasteiger partial charge in [0.15, 0.2) is 11.5 Å². The fraction of sp³-hybridized carbons (Fsp3) is 0.571. The SMILES string of the molecule is CCCCC(C)Nc1cc2c(cc1Cl)OCCO2. The van der Waals surface area contributed by atoms with Crippen molar-refractivity contribution in [2.75, 3.05) is 18.5 Å². The summed E-state index contributed by atoms with van der Waals surface area (Å²) in [5, 5.41) is 4.11. The number of benzene rings is 1. The second-order valence-electron chi connectivity index (χ2n) is 4.66. The van der Waals surface area contributed by atoms with Crippen LogP contribution in [0, 0.1) is 0 Å². The Morgan fingerprint density at radius 2 is 1.94 bits per heavy atom. The lowest BCUT2D eigenvalue weighted by Gasteiger charge is -2.22. The van der Waals surface area contributed by atoms with Crippen molar-refractivity contribution in [1.82, 2.24) is 0 Å². The Kier molecular flexibility index (Phi) is 4.59. The van der Waals surface area contributed by atoms with Crippen molar-refractivity contribution in [3.05, 3.63) is 17.2 Å². The molecule has 0 fully saturated rings. The maximum Gasteiger partial charge on any atom is 0.163 e. The predicted molar refractivity (Wildman–Crippen MR) is 75.1 cm³/mol. The first kappa shape index (κ1) is 13.3. The number of halogens is 1. The van der Waals surface area contributed by atoms with E-state index in [-0.39, 0.29) is 0 Å². The molecule has 0 saturated heterocycles. The number of hydrogen-bond donors (Lipinski definition) is 1. The van der Waals surface area contributed by atoms with Gasteiger partial charge in [0.1, 0.15) is 13.2 Å². The molecule has 1 aliphatic rings. The molecule has 0 amide bonds. The van der Waals surface area contributed by atoms with Gasteiger partial charge in [-0.25, -0.2) is 0 Å². The molecule has 1 atom stereocenters. The van der Waals surface area contributed by atoms with Gasteiger partial charge in [0.2, 0.25) is 0 Å². The number of hydrogen-bond acceptors (Lipinski definition) is 3. The molecule has 0 spiro atoms. The van der Waals surface area contributed by atoms with E-state index in [1.807, 2.05) is 12.1 Å². The molecule has 0 radical (unpaired) electrons. The highest BCUT2D eigenvalue weighted by Crippen LogP contribution is 2.38. The van der Waals surface area contributed by atoms with E-state index >= 15 is 0 Å². The molecule has 0 saturated carbocycles. The molecule has 2 rings (SSSR count). The van der Waals surface area contributed by atoms with Crippen LogP contribution in [0.2, 0.25) is 5.02 Å². The molecule has 18 heavy (non-hydrogen) atoms. The van der Waals surface area contributed by atoms with Crippen LogP contribution in [-0.2, 0) is 0 Å². The number of nitrogens with one attached hydrogen (secondary N) is 1. The fourth-order valence-corrected chi connectivity index (χ4v) is 2.23. The lowest BCUT2D eigenvalue weighted by atomic mass is 10.1. The third-order valence-corrected chi connectivity index (χ3v) is 3.34. The molecule has 1 unspecified atom stereocenters. The van der Waals surface area contributed by atoms with Crippen LogP contribution in [0.1, 0.15) is 33.1 Å². The summed E-state index contributed by atoms with van der Waals surface area (Å²) in [5.41, 5.74) is 0.921. The smallest absolute Gasteiger partial charge is 0.163 e. The third-order valence-electron chi connectivity index (χ3n) is 3.02. The number of fused-ring (bicyclic) bond motifs is 1. The van der Waals surface area contributed by atoms with Crippen LogP contribution in [0.3, 0.4) is 0 Å². The lowest BCUT2D eigenvalue weighted by molar-refractivity contribution is 0.171. The quantitative estimate of drug-likeness (QED) is 0.873. The maximum absolute atomic E-state index is 6.24. The molecule has 1 heterocycles. The minimum atomic E-state index is 0.407. The van der Waals surface area contributed by atoms with Crippen molar-refractivity contribution in [1.29, 1.82) is 0 Å². The zero-order valence-electron chi connectivity index (χ0n) is 11.0. The van der Waals surface area contributed by atoms with E-state index < -0.39 is 0 Å². The van der Waals surface area contributed by atoms with Gasteiger partial charge in [-0.1, -0.05) is 31.4 Å². The van der Waals surface area contributed by atoms with E-state index in [0.29, 0.717) is 24.3 Å². The van der Waals surface area contributed by atoms with Gasteiger partial charge in [-0.15, -0.1) is 0 Å². The summed E-state index contributed by atoms with van der Waals surface area (Å²) in [6, 6.07) is 4.16. The van der Waals surface area contributed by atoms with Crippen LogP contribution in [-0.4, -0.2) is 19.3 Å². The third kappa shape index (κ3) is 3.22. The molecule has 0 aliphatic carbocycles. The highest BCUT2D eigenvalue weighted by molar-refractivity contribution is 6.33. The van der Waals surface area contributed by atoms with Gasteiger partial charge < -0.3 is 14.8 Å². The summed E-state index contributed by atoms with van der Waals surface area (Å²) in [5.74, 6) is 1.51. The number of unbranched alkanes of at least 4 members (excludes halogenated alkanes) is 1. The number of ether oxygens (including phenoxy) is 2. The Labute approximate surface area is 113 Å². The van der Waals surface area contributed by atoms with Gasteiger partial charge >= 0.3 is 0 Å². The fourth-order valence-electron chi connectivity index (χ4n) is 2.02. The largest absolute Gasteiger partial charge is 0.486 e. The average Bonchev–Trinajstić information content (AvgIpc) is 2.37. The Morgan fingerprint density at radius 1 is 1.28 bits per heavy atom. The zero-order valence-corrected chi connectivity index (χ0v) is 11.7. The topological polar surface area (TPSA) is 30.5 Å². The molecule has 1 aliphatic heterocycles. The Bertz CT molecular complexity index is 409. The van der Waals surface area contributed by atoms with Crippen LogP contribution in [0.15, 0.2) is 12.1 Å². The molecule has 0 aromatic heterocycles. The average molecular weight is 270 g/mol. The normalized spacial score (nSPS) is 15.3. The highest BCUT2D eigenvalue weighted by atomic mass is 35.5. The van der Waals surface area contributed by atoms with Crippen LogP contribution in [0.25, 0.3) is 0 Å². The minimum Gasteiger partial charge on any atom is -0.486 e. The zero-order chi connectivity index (χ0) is 13.0. The van der Waals surface area contributed by atoms with Gasteiger partial charge in [0.25, 0.3) is 0 Å². The highest BCUT2D eigenvalue weighted by Gasteiger charge is 2.15. The first-order valence-electron chi connectivity index (χ1n) is 6.56. The van der Waals surface area contributed by atoms with Crippen molar-refractivity contribution in [3.63, 3.8) is 0 Å². The van der Waals surface area contributed by atoms with Crippen LogP contribution in [0.4, 0.5) is 5.69 Å². The maximum atomic E-state index is 6.24. The van der Waals surface area contributed by atoms with Crippen molar-refractivity contribution < 1.29 is 9.47 Å². The van der Waals surface area contributed by atoms with E-state index in [4.69, 9.17) is 21.1 Å². The summed E-state index contributed by atoms with van der Waals surface area (Å²) in [4.78, 5) is 0. The molecule has 1 aromatic rings. The summed E-state index contributed by atoms with van der Waals surface area (Å²) >= 11 is 6.24. The van der Waals surface area contributed by atoms with Gasteiger partial charge in [0.05, 0.1) is 10.7 Å². The molecule has 4 heteroatoms. The van der Waals surface area contributed by atoms with E-state index in [9.17, 15) is 0 Å². The lowest BCUT2D eigenvalue weighted by Crippen LogP contribution is -2.18. The van der Waals surface area contributed by atoms with E-state index in [0.717, 1.165) is 23.6 Å². The molecule has 3 nitrogen and oxygen atoms in total. The van der Waals surface area contributed by atoms with Gasteiger partial charge in [-0.05, 0) is 13.3 Å². The van der Waals surface area contributed by atoms with Gasteiger partial charge in [-0.3, -0.25) is 0 Å². The second-order valence-corrected chi connectivity index (χ2v) is 5.07. The monoisotopic (exact) mass is 269 g/mol. The first-order chi connectivity index (χ1) is 8.70. The van der Waals surface area contributed by atoms with Crippen molar-refractivity contribution in [2.45, 2.75) is 39.2 Å². The summed E-state index contributed by atoms with van der Waals surface area (Å²) in [6.45, 7) is 5.55. The van der Waals surface area contributed by atoms with E-state index in [1.165, 1.54) is 12.8 Å². The first-order valence-corrected chi connectivity index (χ1v) is 6.94. The summed E-state index contributed by atoms with van der Waals surface area (Å²) < 4.78 is 11.1.